The molecular formula is C11H7Cl3N4O2. The number of nitrogens with zero attached hydrogens (tertiary/aromatic N) is 2. The van der Waals surface area contributed by atoms with Gasteiger partial charge < -0.3 is 5.11 Å². The fourth-order valence-corrected chi connectivity index (χ4v) is 1.93. The molecule has 0 atom stereocenters. The van der Waals surface area contributed by atoms with Gasteiger partial charge in [0.2, 0.25) is 0 Å². The normalized spacial score (nSPS) is 10.9. The lowest BCUT2D eigenvalue weighted by atomic mass is 10.2. The van der Waals surface area contributed by atoms with Crippen molar-refractivity contribution >= 4 is 46.7 Å². The van der Waals surface area contributed by atoms with Crippen LogP contribution in [0.5, 0.6) is 5.75 Å². The molecule has 0 fully saturated rings. The molecule has 104 valence electrons. The van der Waals surface area contributed by atoms with Crippen LogP contribution in [0, 0.1) is 0 Å². The summed E-state index contributed by atoms with van der Waals surface area (Å²) in [5.41, 5.74) is 2.84. The maximum absolute atomic E-state index is 11.2. The van der Waals surface area contributed by atoms with Crippen LogP contribution in [0.3, 0.4) is 0 Å². The average Bonchev–Trinajstić information content (AvgIpc) is 2.41. The number of halogens is 3. The van der Waals surface area contributed by atoms with Gasteiger partial charge in [0.15, 0.2) is 5.75 Å². The topological polar surface area (TPSA) is 90.4 Å². The summed E-state index contributed by atoms with van der Waals surface area (Å²) in [7, 11) is 0. The molecule has 1 heterocycles. The third kappa shape index (κ3) is 3.22. The molecule has 0 aliphatic heterocycles. The monoisotopic (exact) mass is 332 g/mol. The van der Waals surface area contributed by atoms with Crippen LogP contribution in [0.25, 0.3) is 0 Å². The largest absolute Gasteiger partial charge is 0.505 e. The standard InChI is InChI=1S/C11H7Cl3N4O2/c12-6-1-5(2-7(13)10(6)19)3-15-17-8-4-16-18-11(20)9(8)14/h1-4,19H,(H2,17,18,20)/b15-3-. The number of hydrogen-bond donors (Lipinski definition) is 3. The minimum Gasteiger partial charge on any atom is -0.505 e. The summed E-state index contributed by atoms with van der Waals surface area (Å²) < 4.78 is 0. The quantitative estimate of drug-likeness (QED) is 0.595. The van der Waals surface area contributed by atoms with E-state index in [2.05, 4.69) is 20.7 Å². The maximum atomic E-state index is 11.2. The Morgan fingerprint density at radius 1 is 1.30 bits per heavy atom. The molecule has 0 saturated heterocycles. The molecule has 0 saturated carbocycles. The molecule has 2 aromatic rings. The van der Waals surface area contributed by atoms with E-state index in [0.29, 0.717) is 5.56 Å². The van der Waals surface area contributed by atoms with Crippen molar-refractivity contribution in [2.75, 3.05) is 5.43 Å². The van der Waals surface area contributed by atoms with Crippen LogP contribution in [-0.2, 0) is 0 Å². The predicted molar refractivity (Wildman–Crippen MR) is 79.2 cm³/mol. The van der Waals surface area contributed by atoms with E-state index >= 15 is 0 Å². The van der Waals surface area contributed by atoms with E-state index in [1.807, 2.05) is 0 Å². The zero-order chi connectivity index (χ0) is 14.7. The number of hydrogen-bond acceptors (Lipinski definition) is 5. The van der Waals surface area contributed by atoms with Crippen molar-refractivity contribution < 1.29 is 5.11 Å². The summed E-state index contributed by atoms with van der Waals surface area (Å²) in [5, 5.41) is 19.2. The molecule has 0 unspecified atom stereocenters. The predicted octanol–water partition coefficient (Wildman–Crippen LogP) is 2.88. The van der Waals surface area contributed by atoms with Gasteiger partial charge in [-0.15, -0.1) is 0 Å². The molecule has 9 heteroatoms. The lowest BCUT2D eigenvalue weighted by Crippen LogP contribution is -2.10. The molecule has 3 N–H and O–H groups in total. The Bertz CT molecular complexity index is 707. The number of phenols is 1. The highest BCUT2D eigenvalue weighted by atomic mass is 35.5. The summed E-state index contributed by atoms with van der Waals surface area (Å²) >= 11 is 17.3. The lowest BCUT2D eigenvalue weighted by Gasteiger charge is -2.02. The number of rotatable bonds is 3. The summed E-state index contributed by atoms with van der Waals surface area (Å²) in [6.07, 6.45) is 2.71. The number of nitrogens with one attached hydrogen (secondary N) is 2. The van der Waals surface area contributed by atoms with Gasteiger partial charge in [-0.25, -0.2) is 5.10 Å². The molecule has 1 aromatic heterocycles. The second kappa shape index (κ2) is 6.13. The molecule has 0 amide bonds. The van der Waals surface area contributed by atoms with E-state index in [1.165, 1.54) is 24.5 Å². The van der Waals surface area contributed by atoms with Crippen LogP contribution in [0.15, 0.2) is 28.2 Å². The Morgan fingerprint density at radius 2 is 1.95 bits per heavy atom. The number of aromatic amines is 1. The highest BCUT2D eigenvalue weighted by Crippen LogP contribution is 2.32. The van der Waals surface area contributed by atoms with Crippen molar-refractivity contribution in [2.24, 2.45) is 5.10 Å². The van der Waals surface area contributed by atoms with Gasteiger partial charge in [-0.2, -0.15) is 10.2 Å². The maximum Gasteiger partial charge on any atom is 0.285 e. The fraction of sp³-hybridized carbons (Fsp3) is 0. The van der Waals surface area contributed by atoms with Gasteiger partial charge in [-0.05, 0) is 17.7 Å². The Kier molecular flexibility index (Phi) is 4.49. The van der Waals surface area contributed by atoms with E-state index in [9.17, 15) is 9.90 Å². The van der Waals surface area contributed by atoms with Crippen LogP contribution in [0.2, 0.25) is 15.1 Å². The Labute approximate surface area is 128 Å². The second-order valence-electron chi connectivity index (χ2n) is 3.63. The zero-order valence-electron chi connectivity index (χ0n) is 9.69. The molecule has 0 spiro atoms. The smallest absolute Gasteiger partial charge is 0.285 e. The van der Waals surface area contributed by atoms with Crippen molar-refractivity contribution in [1.82, 2.24) is 10.2 Å². The van der Waals surface area contributed by atoms with Gasteiger partial charge in [0.05, 0.1) is 22.5 Å². The first kappa shape index (κ1) is 14.6. The van der Waals surface area contributed by atoms with Gasteiger partial charge in [-0.3, -0.25) is 10.2 Å². The second-order valence-corrected chi connectivity index (χ2v) is 4.82. The molecule has 0 bridgehead atoms. The summed E-state index contributed by atoms with van der Waals surface area (Å²) in [4.78, 5) is 11.2. The Balaban J connectivity index is 2.18. The molecule has 2 rings (SSSR count). The van der Waals surface area contributed by atoms with E-state index in [4.69, 9.17) is 34.8 Å². The van der Waals surface area contributed by atoms with Gasteiger partial charge in [-0.1, -0.05) is 34.8 Å². The van der Waals surface area contributed by atoms with E-state index in [1.54, 1.807) is 0 Å². The molecule has 0 aliphatic carbocycles. The zero-order valence-corrected chi connectivity index (χ0v) is 12.0. The summed E-state index contributed by atoms with van der Waals surface area (Å²) in [5.74, 6) is -0.194. The molecule has 20 heavy (non-hydrogen) atoms. The van der Waals surface area contributed by atoms with Gasteiger partial charge >= 0.3 is 0 Å². The molecule has 0 radical (unpaired) electrons. The molecule has 1 aromatic carbocycles. The van der Waals surface area contributed by atoms with Crippen LogP contribution in [0.4, 0.5) is 5.69 Å². The minimum atomic E-state index is -0.525. The van der Waals surface area contributed by atoms with Gasteiger partial charge in [0.1, 0.15) is 10.7 Å². The Hall–Kier alpha value is -1.76. The molecule has 6 nitrogen and oxygen atoms in total. The van der Waals surface area contributed by atoms with Crippen molar-refractivity contribution in [2.45, 2.75) is 0 Å². The van der Waals surface area contributed by atoms with Crippen LogP contribution < -0.4 is 11.0 Å². The van der Waals surface area contributed by atoms with Crippen molar-refractivity contribution in [3.05, 3.63) is 49.3 Å². The number of benzene rings is 1. The SMILES string of the molecule is O=c1[nH]ncc(N/N=C\c2cc(Cl)c(O)c(Cl)c2)c1Cl. The number of aromatic hydroxyl groups is 1. The number of phenolic OH excluding ortho intramolecular Hbond substituents is 1. The van der Waals surface area contributed by atoms with Crippen molar-refractivity contribution in [1.29, 1.82) is 0 Å². The average molecular weight is 334 g/mol. The summed E-state index contributed by atoms with van der Waals surface area (Å²) in [6, 6.07) is 2.96. The van der Waals surface area contributed by atoms with Crippen molar-refractivity contribution in [3.63, 3.8) is 0 Å². The molecular weight excluding hydrogens is 327 g/mol. The van der Waals surface area contributed by atoms with E-state index in [-0.39, 0.29) is 26.5 Å². The Morgan fingerprint density at radius 3 is 2.60 bits per heavy atom. The highest BCUT2D eigenvalue weighted by Gasteiger charge is 2.06. The lowest BCUT2D eigenvalue weighted by molar-refractivity contribution is 0.476. The van der Waals surface area contributed by atoms with Gasteiger partial charge in [0.25, 0.3) is 5.56 Å². The third-order valence-corrected chi connectivity index (χ3v) is 3.18. The van der Waals surface area contributed by atoms with Crippen molar-refractivity contribution in [3.8, 4) is 5.75 Å². The van der Waals surface area contributed by atoms with E-state index in [0.717, 1.165) is 0 Å². The highest BCUT2D eigenvalue weighted by molar-refractivity contribution is 6.37. The fourth-order valence-electron chi connectivity index (χ4n) is 1.30. The minimum absolute atomic E-state index is 0.0566. The number of anilines is 1. The van der Waals surface area contributed by atoms with Gasteiger partial charge in [0, 0.05) is 0 Å². The first-order valence-corrected chi connectivity index (χ1v) is 6.32. The summed E-state index contributed by atoms with van der Waals surface area (Å²) in [6.45, 7) is 0. The number of aromatic nitrogens is 2. The number of H-pyrrole nitrogens is 1. The first-order valence-electron chi connectivity index (χ1n) is 5.19. The first-order chi connectivity index (χ1) is 9.49. The van der Waals surface area contributed by atoms with E-state index < -0.39 is 5.56 Å². The van der Waals surface area contributed by atoms with Crippen LogP contribution in [0.1, 0.15) is 5.56 Å². The molecule has 0 aliphatic rings. The number of hydrazone groups is 1. The third-order valence-electron chi connectivity index (χ3n) is 2.23. The van der Waals surface area contributed by atoms with Crippen LogP contribution >= 0.6 is 34.8 Å². The van der Waals surface area contributed by atoms with Crippen LogP contribution in [-0.4, -0.2) is 21.5 Å².